The second-order valence-electron chi connectivity index (χ2n) is 6.34. The van der Waals surface area contributed by atoms with Gasteiger partial charge in [-0.1, -0.05) is 11.3 Å². The van der Waals surface area contributed by atoms with E-state index in [0.717, 1.165) is 10.2 Å². The molecule has 0 saturated carbocycles. The molecule has 10 heteroatoms. The van der Waals surface area contributed by atoms with Gasteiger partial charge in [0, 0.05) is 13.5 Å². The first-order chi connectivity index (χ1) is 14.3. The number of rotatable bonds is 7. The number of thiazole rings is 1. The van der Waals surface area contributed by atoms with Gasteiger partial charge >= 0.3 is 0 Å². The Balaban J connectivity index is 1.86. The minimum absolute atomic E-state index is 0.137. The fraction of sp³-hybridized carbons (Fsp3) is 0.300. The molecule has 0 bridgehead atoms. The summed E-state index contributed by atoms with van der Waals surface area (Å²) in [6.45, 7) is 0. The number of aromatic nitrogens is 1. The van der Waals surface area contributed by atoms with Crippen molar-refractivity contribution in [3.05, 3.63) is 41.2 Å². The molecule has 1 heterocycles. The molecule has 3 aromatic rings. The Labute approximate surface area is 178 Å². The molecule has 0 N–H and O–H groups in total. The van der Waals surface area contributed by atoms with Crippen LogP contribution in [0.2, 0.25) is 0 Å². The number of nitrogens with zero attached hydrogens (tertiary/aromatic N) is 2. The summed E-state index contributed by atoms with van der Waals surface area (Å²) in [7, 11) is 2.78. The maximum atomic E-state index is 12.5. The third kappa shape index (κ3) is 4.34. The van der Waals surface area contributed by atoms with E-state index < -0.39 is 15.7 Å². The first-order valence-electron chi connectivity index (χ1n) is 8.95. The molecule has 2 aromatic carbocycles. The third-order valence-electron chi connectivity index (χ3n) is 4.54. The van der Waals surface area contributed by atoms with E-state index in [1.54, 1.807) is 50.1 Å². The highest BCUT2D eigenvalue weighted by atomic mass is 32.2. The lowest BCUT2D eigenvalue weighted by atomic mass is 10.3. The average molecular weight is 451 g/mol. The van der Waals surface area contributed by atoms with Gasteiger partial charge in [-0.15, -0.1) is 0 Å². The van der Waals surface area contributed by atoms with Crippen molar-refractivity contribution < 1.29 is 27.4 Å². The van der Waals surface area contributed by atoms with E-state index in [0.29, 0.717) is 22.0 Å². The SMILES string of the molecule is COc1ccc(S(=O)(=O)CCC(=O)N=c2sc3c(OC)ccc(OC)c3n2C)cc1. The van der Waals surface area contributed by atoms with Crippen molar-refractivity contribution in [1.29, 1.82) is 0 Å². The Bertz CT molecular complexity index is 1240. The Hall–Kier alpha value is -2.85. The summed E-state index contributed by atoms with van der Waals surface area (Å²) in [4.78, 5) is 17.1. The molecule has 0 atom stereocenters. The van der Waals surface area contributed by atoms with Gasteiger partial charge in [0.15, 0.2) is 14.6 Å². The number of carbonyl (C=O) groups is 1. The van der Waals surface area contributed by atoms with E-state index in [4.69, 9.17) is 14.2 Å². The Kier molecular flexibility index (Phi) is 6.47. The van der Waals surface area contributed by atoms with E-state index in [1.165, 1.54) is 30.6 Å². The van der Waals surface area contributed by atoms with Crippen LogP contribution in [-0.4, -0.2) is 46.0 Å². The van der Waals surface area contributed by atoms with Gasteiger partial charge < -0.3 is 18.8 Å². The number of sulfone groups is 1. The van der Waals surface area contributed by atoms with Crippen molar-refractivity contribution in [3.8, 4) is 17.2 Å². The topological polar surface area (TPSA) is 96.2 Å². The van der Waals surface area contributed by atoms with Crippen molar-refractivity contribution in [2.75, 3.05) is 27.1 Å². The second kappa shape index (κ2) is 8.88. The summed E-state index contributed by atoms with van der Waals surface area (Å²) in [5.41, 5.74) is 0.749. The second-order valence-corrected chi connectivity index (χ2v) is 9.43. The predicted molar refractivity (Wildman–Crippen MR) is 114 cm³/mol. The maximum absolute atomic E-state index is 12.5. The lowest BCUT2D eigenvalue weighted by Gasteiger charge is -2.06. The van der Waals surface area contributed by atoms with Crippen LogP contribution < -0.4 is 19.0 Å². The number of amides is 1. The van der Waals surface area contributed by atoms with E-state index in [1.807, 2.05) is 0 Å². The molecule has 1 aromatic heterocycles. The number of carbonyl (C=O) groups excluding carboxylic acids is 1. The normalized spacial score (nSPS) is 12.2. The maximum Gasteiger partial charge on any atom is 0.249 e. The zero-order chi connectivity index (χ0) is 21.9. The fourth-order valence-corrected chi connectivity index (χ4v) is 5.29. The molecule has 0 radical (unpaired) electrons. The van der Waals surface area contributed by atoms with Crippen LogP contribution in [0.3, 0.4) is 0 Å². The van der Waals surface area contributed by atoms with E-state index >= 15 is 0 Å². The molecule has 0 saturated heterocycles. The van der Waals surface area contributed by atoms with Crippen LogP contribution in [0.15, 0.2) is 46.3 Å². The Morgan fingerprint density at radius 2 is 1.63 bits per heavy atom. The molecule has 0 fully saturated rings. The molecule has 0 spiro atoms. The fourth-order valence-electron chi connectivity index (χ4n) is 2.91. The van der Waals surface area contributed by atoms with Gasteiger partial charge in [0.1, 0.15) is 27.5 Å². The Morgan fingerprint density at radius 1 is 1.00 bits per heavy atom. The third-order valence-corrected chi connectivity index (χ3v) is 7.42. The number of aryl methyl sites for hydroxylation is 1. The number of fused-ring (bicyclic) bond motifs is 1. The average Bonchev–Trinajstić information content (AvgIpc) is 3.08. The van der Waals surface area contributed by atoms with Crippen molar-refractivity contribution in [1.82, 2.24) is 4.57 Å². The molecule has 3 rings (SSSR count). The minimum atomic E-state index is -3.61. The zero-order valence-corrected chi connectivity index (χ0v) is 18.7. The highest BCUT2D eigenvalue weighted by Crippen LogP contribution is 2.34. The van der Waals surface area contributed by atoms with Crippen LogP contribution in [0.4, 0.5) is 0 Å². The van der Waals surface area contributed by atoms with Gasteiger partial charge in [-0.3, -0.25) is 4.79 Å². The lowest BCUT2D eigenvalue weighted by molar-refractivity contribution is -0.117. The highest BCUT2D eigenvalue weighted by Gasteiger charge is 2.18. The van der Waals surface area contributed by atoms with Crippen molar-refractivity contribution >= 4 is 37.3 Å². The van der Waals surface area contributed by atoms with Gasteiger partial charge in [-0.25, -0.2) is 8.42 Å². The highest BCUT2D eigenvalue weighted by molar-refractivity contribution is 7.91. The van der Waals surface area contributed by atoms with E-state index in [2.05, 4.69) is 4.99 Å². The quantitative estimate of drug-likeness (QED) is 0.549. The molecule has 8 nitrogen and oxygen atoms in total. The molecular formula is C20H22N2O6S2. The molecule has 0 aliphatic carbocycles. The molecule has 30 heavy (non-hydrogen) atoms. The lowest BCUT2D eigenvalue weighted by Crippen LogP contribution is -2.16. The summed E-state index contributed by atoms with van der Waals surface area (Å²) in [5, 5.41) is 0. The smallest absolute Gasteiger partial charge is 0.249 e. The molecule has 0 aliphatic rings. The number of ether oxygens (including phenoxy) is 3. The minimum Gasteiger partial charge on any atom is -0.497 e. The monoisotopic (exact) mass is 450 g/mol. The number of hydrogen-bond acceptors (Lipinski definition) is 7. The first-order valence-corrected chi connectivity index (χ1v) is 11.4. The summed E-state index contributed by atoms with van der Waals surface area (Å²) in [6.07, 6.45) is -0.225. The standard InChI is InChI=1S/C20H22N2O6S2/c1-22-18-15(27-3)9-10-16(28-4)19(18)29-20(22)21-17(23)11-12-30(24,25)14-7-5-13(26-2)6-8-14/h5-10H,11-12H2,1-4H3. The van der Waals surface area contributed by atoms with Crippen LogP contribution in [0.1, 0.15) is 6.42 Å². The largest absolute Gasteiger partial charge is 0.497 e. The summed E-state index contributed by atoms with van der Waals surface area (Å²) in [5.74, 6) is 0.973. The molecule has 160 valence electrons. The van der Waals surface area contributed by atoms with Crippen molar-refractivity contribution in [2.45, 2.75) is 11.3 Å². The van der Waals surface area contributed by atoms with Crippen LogP contribution >= 0.6 is 11.3 Å². The van der Waals surface area contributed by atoms with E-state index in [9.17, 15) is 13.2 Å². The Morgan fingerprint density at radius 3 is 2.23 bits per heavy atom. The molecule has 0 unspecified atom stereocenters. The van der Waals surface area contributed by atoms with Gasteiger partial charge in [0.05, 0.1) is 32.0 Å². The summed E-state index contributed by atoms with van der Waals surface area (Å²) >= 11 is 1.27. The molecular weight excluding hydrogens is 428 g/mol. The molecule has 1 amide bonds. The molecule has 0 aliphatic heterocycles. The van der Waals surface area contributed by atoms with Gasteiger partial charge in [0.25, 0.3) is 0 Å². The van der Waals surface area contributed by atoms with Crippen molar-refractivity contribution in [2.24, 2.45) is 12.0 Å². The number of hydrogen-bond donors (Lipinski definition) is 0. The van der Waals surface area contributed by atoms with Crippen LogP contribution in [0, 0.1) is 0 Å². The van der Waals surface area contributed by atoms with Crippen LogP contribution in [0.25, 0.3) is 10.2 Å². The first kappa shape index (κ1) is 21.8. The number of benzene rings is 2. The number of methoxy groups -OCH3 is 3. The van der Waals surface area contributed by atoms with Gasteiger partial charge in [-0.05, 0) is 36.4 Å². The van der Waals surface area contributed by atoms with E-state index in [-0.39, 0.29) is 17.1 Å². The van der Waals surface area contributed by atoms with Crippen molar-refractivity contribution in [3.63, 3.8) is 0 Å². The van der Waals surface area contributed by atoms with Crippen LogP contribution in [-0.2, 0) is 21.7 Å². The summed E-state index contributed by atoms with van der Waals surface area (Å²) in [6, 6.07) is 9.61. The van der Waals surface area contributed by atoms with Gasteiger partial charge in [0.2, 0.25) is 5.91 Å². The van der Waals surface area contributed by atoms with Crippen LogP contribution in [0.5, 0.6) is 17.2 Å². The van der Waals surface area contributed by atoms with Gasteiger partial charge in [-0.2, -0.15) is 4.99 Å². The predicted octanol–water partition coefficient (Wildman–Crippen LogP) is 2.56. The summed E-state index contributed by atoms with van der Waals surface area (Å²) < 4.78 is 43.3. The zero-order valence-electron chi connectivity index (χ0n) is 17.0.